The van der Waals surface area contributed by atoms with E-state index >= 15 is 0 Å². The maximum atomic E-state index is 11.1. The van der Waals surface area contributed by atoms with Crippen molar-refractivity contribution in [2.24, 2.45) is 0 Å². The molecule has 0 aliphatic carbocycles. The number of esters is 1. The highest BCUT2D eigenvalue weighted by Crippen LogP contribution is 2.30. The molecule has 1 rings (SSSR count). The molecule has 0 aromatic carbocycles. The largest absolute Gasteiger partial charge is 0.506 e. The van der Waals surface area contributed by atoms with Gasteiger partial charge in [-0.3, -0.25) is 0 Å². The minimum atomic E-state index is -0.502. The highest BCUT2D eigenvalue weighted by molar-refractivity contribution is 7.12. The summed E-state index contributed by atoms with van der Waals surface area (Å²) in [6.45, 7) is 3.55. The van der Waals surface area contributed by atoms with Crippen LogP contribution < -0.4 is 0 Å². The maximum absolute atomic E-state index is 11.1. The summed E-state index contributed by atoms with van der Waals surface area (Å²) in [5.41, 5.74) is 0.709. The Morgan fingerprint density at radius 1 is 1.85 bits per heavy atom. The number of hydrogen-bond acceptors (Lipinski definition) is 4. The first-order valence-electron chi connectivity index (χ1n) is 3.69. The molecule has 3 nitrogen and oxygen atoms in total. The number of thiophene rings is 1. The van der Waals surface area contributed by atoms with Crippen LogP contribution in [0.1, 0.15) is 15.2 Å². The summed E-state index contributed by atoms with van der Waals surface area (Å²) >= 11 is 1.18. The molecule has 1 N–H and O–H groups in total. The fraction of sp³-hybridized carbons (Fsp3) is 0.222. The van der Waals surface area contributed by atoms with Gasteiger partial charge in [0.15, 0.2) is 4.88 Å². The summed E-state index contributed by atoms with van der Waals surface area (Å²) in [4.78, 5) is 11.3. The molecule has 0 unspecified atom stereocenters. The zero-order valence-corrected chi connectivity index (χ0v) is 8.06. The van der Waals surface area contributed by atoms with E-state index < -0.39 is 5.97 Å². The lowest BCUT2D eigenvalue weighted by molar-refractivity contribution is 0.0603. The zero-order chi connectivity index (χ0) is 9.84. The summed E-state index contributed by atoms with van der Waals surface area (Å²) in [6, 6.07) is 0. The van der Waals surface area contributed by atoms with Gasteiger partial charge >= 0.3 is 5.97 Å². The summed E-state index contributed by atoms with van der Waals surface area (Å²) in [5.74, 6) is -0.491. The number of carbonyl (C=O) groups is 1. The Hall–Kier alpha value is -1.29. The van der Waals surface area contributed by atoms with E-state index in [4.69, 9.17) is 0 Å². The van der Waals surface area contributed by atoms with Crippen LogP contribution in [0.2, 0.25) is 0 Å². The minimum Gasteiger partial charge on any atom is -0.506 e. The molecule has 0 saturated heterocycles. The van der Waals surface area contributed by atoms with Gasteiger partial charge in [-0.15, -0.1) is 17.9 Å². The van der Waals surface area contributed by atoms with Crippen molar-refractivity contribution >= 4 is 17.3 Å². The van der Waals surface area contributed by atoms with Crippen LogP contribution in [-0.4, -0.2) is 18.2 Å². The predicted octanol–water partition coefficient (Wildman–Crippen LogP) is 1.97. The molecule has 1 heterocycles. The van der Waals surface area contributed by atoms with Crippen LogP contribution in [0.15, 0.2) is 18.0 Å². The molecule has 0 fully saturated rings. The van der Waals surface area contributed by atoms with E-state index in [1.807, 2.05) is 0 Å². The third-order valence-electron chi connectivity index (χ3n) is 1.57. The zero-order valence-electron chi connectivity index (χ0n) is 7.24. The van der Waals surface area contributed by atoms with Gasteiger partial charge in [-0.2, -0.15) is 0 Å². The normalized spacial score (nSPS) is 9.62. The van der Waals surface area contributed by atoms with Crippen LogP contribution in [0.5, 0.6) is 5.75 Å². The topological polar surface area (TPSA) is 46.5 Å². The summed E-state index contributed by atoms with van der Waals surface area (Å²) in [5, 5.41) is 11.2. The second-order valence-electron chi connectivity index (χ2n) is 2.42. The minimum absolute atomic E-state index is 0.0109. The second-order valence-corrected chi connectivity index (χ2v) is 3.30. The quantitative estimate of drug-likeness (QED) is 0.596. The first-order valence-corrected chi connectivity index (χ1v) is 4.57. The van der Waals surface area contributed by atoms with Crippen molar-refractivity contribution in [1.82, 2.24) is 0 Å². The first-order chi connectivity index (χ1) is 6.20. The summed E-state index contributed by atoms with van der Waals surface area (Å²) in [7, 11) is 1.29. The average Bonchev–Trinajstić information content (AvgIpc) is 2.48. The van der Waals surface area contributed by atoms with E-state index in [1.165, 1.54) is 18.4 Å². The van der Waals surface area contributed by atoms with Crippen LogP contribution in [-0.2, 0) is 11.2 Å². The van der Waals surface area contributed by atoms with Crippen molar-refractivity contribution in [2.75, 3.05) is 7.11 Å². The van der Waals surface area contributed by atoms with Crippen molar-refractivity contribution in [3.05, 3.63) is 28.5 Å². The monoisotopic (exact) mass is 198 g/mol. The fourth-order valence-electron chi connectivity index (χ4n) is 0.925. The molecular formula is C9H10O3S. The smallest absolute Gasteiger partial charge is 0.351 e. The van der Waals surface area contributed by atoms with E-state index in [2.05, 4.69) is 11.3 Å². The van der Waals surface area contributed by atoms with Crippen LogP contribution in [0.25, 0.3) is 0 Å². The molecule has 1 aromatic rings. The Balaban J connectivity index is 2.98. The molecule has 0 aliphatic heterocycles. The lowest BCUT2D eigenvalue weighted by Crippen LogP contribution is -1.98. The third kappa shape index (κ3) is 1.89. The lowest BCUT2D eigenvalue weighted by Gasteiger charge is -1.96. The molecule has 0 aliphatic rings. The maximum Gasteiger partial charge on any atom is 0.351 e. The molecule has 13 heavy (non-hydrogen) atoms. The number of aromatic hydroxyl groups is 1. The number of hydrogen-bond donors (Lipinski definition) is 1. The van der Waals surface area contributed by atoms with Gasteiger partial charge in [0, 0.05) is 5.56 Å². The molecule has 0 radical (unpaired) electrons. The van der Waals surface area contributed by atoms with Crippen LogP contribution >= 0.6 is 11.3 Å². The van der Waals surface area contributed by atoms with Gasteiger partial charge in [-0.05, 0) is 11.8 Å². The molecule has 0 spiro atoms. The van der Waals surface area contributed by atoms with Gasteiger partial charge in [0.1, 0.15) is 5.75 Å². The van der Waals surface area contributed by atoms with E-state index in [1.54, 1.807) is 11.5 Å². The summed E-state index contributed by atoms with van der Waals surface area (Å²) < 4.78 is 4.49. The van der Waals surface area contributed by atoms with Crippen LogP contribution in [0, 0.1) is 0 Å². The Bertz CT molecular complexity index is 328. The van der Waals surface area contributed by atoms with Crippen LogP contribution in [0.3, 0.4) is 0 Å². The fourth-order valence-corrected chi connectivity index (χ4v) is 1.82. The van der Waals surface area contributed by atoms with E-state index in [9.17, 15) is 9.90 Å². The predicted molar refractivity (Wildman–Crippen MR) is 51.2 cm³/mol. The molecule has 0 atom stereocenters. The van der Waals surface area contributed by atoms with Gasteiger partial charge in [-0.1, -0.05) is 6.08 Å². The standard InChI is InChI=1S/C9H10O3S/c1-3-4-6-5-13-8(7(6)10)9(11)12-2/h3,5,10H,1,4H2,2H3. The van der Waals surface area contributed by atoms with E-state index in [-0.39, 0.29) is 10.6 Å². The van der Waals surface area contributed by atoms with Crippen molar-refractivity contribution in [1.29, 1.82) is 0 Å². The number of ether oxygens (including phenoxy) is 1. The van der Waals surface area contributed by atoms with Crippen molar-refractivity contribution in [3.8, 4) is 5.75 Å². The van der Waals surface area contributed by atoms with Crippen molar-refractivity contribution in [3.63, 3.8) is 0 Å². The summed E-state index contributed by atoms with van der Waals surface area (Å²) in [6.07, 6.45) is 2.22. The Morgan fingerprint density at radius 2 is 2.54 bits per heavy atom. The van der Waals surface area contributed by atoms with Gasteiger partial charge in [0.05, 0.1) is 7.11 Å². The first kappa shape index (κ1) is 9.80. The molecule has 1 aromatic heterocycles. The number of methoxy groups -OCH3 is 1. The molecule has 70 valence electrons. The van der Waals surface area contributed by atoms with E-state index in [0.29, 0.717) is 12.0 Å². The molecular weight excluding hydrogens is 188 g/mol. The Kier molecular flexibility index (Phi) is 3.08. The van der Waals surface area contributed by atoms with Gasteiger partial charge in [0.2, 0.25) is 0 Å². The van der Waals surface area contributed by atoms with E-state index in [0.717, 1.165) is 0 Å². The third-order valence-corrected chi connectivity index (χ3v) is 2.57. The van der Waals surface area contributed by atoms with Gasteiger partial charge < -0.3 is 9.84 Å². The SMILES string of the molecule is C=CCc1csc(C(=O)OC)c1O. The van der Waals surface area contributed by atoms with Gasteiger partial charge in [0.25, 0.3) is 0 Å². The molecule has 0 amide bonds. The van der Waals surface area contributed by atoms with Gasteiger partial charge in [-0.25, -0.2) is 4.79 Å². The van der Waals surface area contributed by atoms with Crippen molar-refractivity contribution < 1.29 is 14.6 Å². The Labute approximate surface area is 80.3 Å². The average molecular weight is 198 g/mol. The second kappa shape index (κ2) is 4.09. The highest BCUT2D eigenvalue weighted by Gasteiger charge is 2.16. The molecule has 4 heteroatoms. The molecule has 0 bridgehead atoms. The molecule has 0 saturated carbocycles. The van der Waals surface area contributed by atoms with Crippen molar-refractivity contribution in [2.45, 2.75) is 6.42 Å². The number of allylic oxidation sites excluding steroid dienone is 1. The van der Waals surface area contributed by atoms with Crippen LogP contribution in [0.4, 0.5) is 0 Å². The Morgan fingerprint density at radius 3 is 3.08 bits per heavy atom. The number of carbonyl (C=O) groups excluding carboxylic acids is 1. The highest BCUT2D eigenvalue weighted by atomic mass is 32.1. The lowest BCUT2D eigenvalue weighted by atomic mass is 10.2. The number of rotatable bonds is 3.